The molecule has 9 heteroatoms. The summed E-state index contributed by atoms with van der Waals surface area (Å²) in [6, 6.07) is 11.0. The van der Waals surface area contributed by atoms with Gasteiger partial charge < -0.3 is 10.1 Å². The van der Waals surface area contributed by atoms with Crippen molar-refractivity contribution >= 4 is 50.5 Å². The molecule has 0 saturated heterocycles. The first-order valence-corrected chi connectivity index (χ1v) is 7.81. The number of methoxy groups -OCH3 is 1. The average Bonchev–Trinajstić information content (AvgIpc) is 2.54. The molecule has 0 heterocycles. The summed E-state index contributed by atoms with van der Waals surface area (Å²) in [6.07, 6.45) is 0. The molecule has 0 fully saturated rings. The Labute approximate surface area is 151 Å². The summed E-state index contributed by atoms with van der Waals surface area (Å²) in [7, 11) is 1.41. The van der Waals surface area contributed by atoms with Crippen LogP contribution in [0.25, 0.3) is 0 Å². The molecule has 0 atom stereocenters. The smallest absolute Gasteiger partial charge is 0.296 e. The number of nitro benzene ring substituents is 1. The van der Waals surface area contributed by atoms with Crippen LogP contribution >= 0.6 is 28.1 Å². The SMILES string of the molecule is COc1ccc(NC(=S)NC(=O)c2cccc(Br)c2)c([N+](=O)[O-])c1. The third-order valence-electron chi connectivity index (χ3n) is 2.96. The van der Waals surface area contributed by atoms with E-state index in [-0.39, 0.29) is 16.5 Å². The van der Waals surface area contributed by atoms with Crippen molar-refractivity contribution in [2.75, 3.05) is 12.4 Å². The van der Waals surface area contributed by atoms with E-state index in [1.807, 2.05) is 0 Å². The Morgan fingerprint density at radius 3 is 2.67 bits per heavy atom. The molecule has 0 saturated carbocycles. The molecule has 0 aliphatic heterocycles. The number of benzene rings is 2. The van der Waals surface area contributed by atoms with Gasteiger partial charge in [-0.25, -0.2) is 0 Å². The monoisotopic (exact) mass is 409 g/mol. The normalized spacial score (nSPS) is 9.92. The predicted molar refractivity (Wildman–Crippen MR) is 97.5 cm³/mol. The molecular formula is C15H12BrN3O4S. The molecule has 0 aliphatic rings. The second kappa shape index (κ2) is 7.84. The third kappa shape index (κ3) is 4.49. The van der Waals surface area contributed by atoms with Gasteiger partial charge in [-0.2, -0.15) is 0 Å². The van der Waals surface area contributed by atoms with Crippen LogP contribution in [0.1, 0.15) is 10.4 Å². The number of halogens is 1. The first-order valence-electron chi connectivity index (χ1n) is 6.61. The van der Waals surface area contributed by atoms with Crippen LogP contribution in [0.5, 0.6) is 5.75 Å². The number of hydrogen-bond donors (Lipinski definition) is 2. The number of carbonyl (C=O) groups excluding carboxylic acids is 1. The Morgan fingerprint density at radius 2 is 2.04 bits per heavy atom. The Balaban J connectivity index is 2.12. The second-order valence-corrected chi connectivity index (χ2v) is 5.88. The minimum atomic E-state index is -0.566. The maximum Gasteiger partial charge on any atom is 0.296 e. The van der Waals surface area contributed by atoms with Gasteiger partial charge in [0.2, 0.25) is 0 Å². The molecule has 24 heavy (non-hydrogen) atoms. The van der Waals surface area contributed by atoms with Gasteiger partial charge >= 0.3 is 0 Å². The van der Waals surface area contributed by atoms with E-state index in [4.69, 9.17) is 17.0 Å². The van der Waals surface area contributed by atoms with Gasteiger partial charge in [-0.3, -0.25) is 20.2 Å². The van der Waals surface area contributed by atoms with Gasteiger partial charge in [0.15, 0.2) is 5.11 Å². The Morgan fingerprint density at radius 1 is 1.29 bits per heavy atom. The number of carbonyl (C=O) groups is 1. The van der Waals surface area contributed by atoms with Crippen molar-refractivity contribution in [1.29, 1.82) is 0 Å². The quantitative estimate of drug-likeness (QED) is 0.455. The van der Waals surface area contributed by atoms with Crippen LogP contribution in [0, 0.1) is 10.1 Å². The van der Waals surface area contributed by atoms with Crippen LogP contribution in [0.3, 0.4) is 0 Å². The Hall–Kier alpha value is -2.52. The average molecular weight is 410 g/mol. The highest BCUT2D eigenvalue weighted by atomic mass is 79.9. The number of nitrogens with zero attached hydrogens (tertiary/aromatic N) is 1. The Bertz CT molecular complexity index is 813. The van der Waals surface area contributed by atoms with Crippen molar-refractivity contribution in [3.63, 3.8) is 0 Å². The predicted octanol–water partition coefficient (Wildman–Crippen LogP) is 3.49. The minimum Gasteiger partial charge on any atom is -0.496 e. The van der Waals surface area contributed by atoms with E-state index in [9.17, 15) is 14.9 Å². The maximum absolute atomic E-state index is 12.1. The number of nitro groups is 1. The van der Waals surface area contributed by atoms with Crippen molar-refractivity contribution in [3.8, 4) is 5.75 Å². The van der Waals surface area contributed by atoms with Gasteiger partial charge in [-0.05, 0) is 42.5 Å². The molecule has 0 spiro atoms. The highest BCUT2D eigenvalue weighted by Gasteiger charge is 2.17. The number of anilines is 1. The molecule has 2 aromatic rings. The van der Waals surface area contributed by atoms with E-state index >= 15 is 0 Å². The third-order valence-corrected chi connectivity index (χ3v) is 3.66. The van der Waals surface area contributed by atoms with E-state index in [0.29, 0.717) is 11.3 Å². The fourth-order valence-electron chi connectivity index (χ4n) is 1.85. The molecule has 1 amide bonds. The number of nitrogens with one attached hydrogen (secondary N) is 2. The first-order chi connectivity index (χ1) is 11.4. The molecule has 0 radical (unpaired) electrons. The van der Waals surface area contributed by atoms with E-state index < -0.39 is 10.8 Å². The van der Waals surface area contributed by atoms with Crippen LogP contribution < -0.4 is 15.4 Å². The van der Waals surface area contributed by atoms with Crippen LogP contribution in [0.4, 0.5) is 11.4 Å². The molecular weight excluding hydrogens is 398 g/mol. The fraction of sp³-hybridized carbons (Fsp3) is 0.0667. The largest absolute Gasteiger partial charge is 0.496 e. The zero-order chi connectivity index (χ0) is 17.7. The molecule has 0 aromatic heterocycles. The van der Waals surface area contributed by atoms with Gasteiger partial charge in [0.05, 0.1) is 18.1 Å². The van der Waals surface area contributed by atoms with Gasteiger partial charge in [-0.1, -0.05) is 22.0 Å². The standard InChI is InChI=1S/C15H12BrN3O4S/c1-23-11-5-6-12(13(8-11)19(21)22)17-15(24)18-14(20)9-3-2-4-10(16)7-9/h2-8H,1H3,(H2,17,18,20,24). The molecule has 7 nitrogen and oxygen atoms in total. The number of thiocarbonyl (C=S) groups is 1. The lowest BCUT2D eigenvalue weighted by Crippen LogP contribution is -2.34. The Kier molecular flexibility index (Phi) is 5.83. The maximum atomic E-state index is 12.1. The van der Waals surface area contributed by atoms with Crippen LogP contribution in [0.15, 0.2) is 46.9 Å². The van der Waals surface area contributed by atoms with Crippen LogP contribution in [0.2, 0.25) is 0 Å². The summed E-state index contributed by atoms with van der Waals surface area (Å²) < 4.78 is 5.71. The lowest BCUT2D eigenvalue weighted by atomic mass is 10.2. The summed E-state index contributed by atoms with van der Waals surface area (Å²) in [5.74, 6) is -0.0821. The van der Waals surface area contributed by atoms with E-state index in [1.165, 1.54) is 19.2 Å². The van der Waals surface area contributed by atoms with E-state index in [1.54, 1.807) is 30.3 Å². The number of rotatable bonds is 4. The first kappa shape index (κ1) is 17.8. The van der Waals surface area contributed by atoms with Crippen molar-refractivity contribution in [1.82, 2.24) is 5.32 Å². The van der Waals surface area contributed by atoms with Crippen molar-refractivity contribution in [2.24, 2.45) is 0 Å². The minimum absolute atomic E-state index is 0.0479. The van der Waals surface area contributed by atoms with Crippen molar-refractivity contribution in [2.45, 2.75) is 0 Å². The molecule has 0 bridgehead atoms. The fourth-order valence-corrected chi connectivity index (χ4v) is 2.46. The molecule has 2 N–H and O–H groups in total. The van der Waals surface area contributed by atoms with Crippen LogP contribution in [-0.4, -0.2) is 23.1 Å². The highest BCUT2D eigenvalue weighted by Crippen LogP contribution is 2.28. The van der Waals surface area contributed by atoms with Crippen molar-refractivity contribution in [3.05, 3.63) is 62.6 Å². The number of hydrogen-bond acceptors (Lipinski definition) is 5. The molecule has 0 unspecified atom stereocenters. The number of amides is 1. The van der Waals surface area contributed by atoms with E-state index in [2.05, 4.69) is 26.6 Å². The molecule has 0 aliphatic carbocycles. The zero-order valence-electron chi connectivity index (χ0n) is 12.4. The van der Waals surface area contributed by atoms with Gasteiger partial charge in [0.1, 0.15) is 11.4 Å². The second-order valence-electron chi connectivity index (χ2n) is 4.56. The van der Waals surface area contributed by atoms with Gasteiger partial charge in [0.25, 0.3) is 11.6 Å². The summed E-state index contributed by atoms with van der Waals surface area (Å²) >= 11 is 8.32. The van der Waals surface area contributed by atoms with Crippen molar-refractivity contribution < 1.29 is 14.5 Å². The summed E-state index contributed by atoms with van der Waals surface area (Å²) in [5, 5.41) is 16.2. The topological polar surface area (TPSA) is 93.5 Å². The molecule has 2 aromatic carbocycles. The summed E-state index contributed by atoms with van der Waals surface area (Å²) in [5.41, 5.74) is 0.339. The summed E-state index contributed by atoms with van der Waals surface area (Å²) in [6.45, 7) is 0. The van der Waals surface area contributed by atoms with Crippen LogP contribution in [-0.2, 0) is 0 Å². The summed E-state index contributed by atoms with van der Waals surface area (Å²) in [4.78, 5) is 22.7. The molecule has 2 rings (SSSR count). The lowest BCUT2D eigenvalue weighted by molar-refractivity contribution is -0.384. The zero-order valence-corrected chi connectivity index (χ0v) is 14.8. The molecule has 124 valence electrons. The van der Waals surface area contributed by atoms with Gasteiger partial charge in [-0.15, -0.1) is 0 Å². The lowest BCUT2D eigenvalue weighted by Gasteiger charge is -2.11. The van der Waals surface area contributed by atoms with E-state index in [0.717, 1.165) is 4.47 Å². The highest BCUT2D eigenvalue weighted by molar-refractivity contribution is 9.10. The van der Waals surface area contributed by atoms with Gasteiger partial charge in [0, 0.05) is 10.0 Å². The number of ether oxygens (including phenoxy) is 1.